The summed E-state index contributed by atoms with van der Waals surface area (Å²) < 4.78 is 3.44. The van der Waals surface area contributed by atoms with E-state index in [9.17, 15) is 0 Å². The van der Waals surface area contributed by atoms with Gasteiger partial charge in [0.05, 0.1) is 0 Å². The van der Waals surface area contributed by atoms with E-state index >= 15 is 0 Å². The summed E-state index contributed by atoms with van der Waals surface area (Å²) in [6, 6.07) is 24.5. The van der Waals surface area contributed by atoms with Crippen LogP contribution in [0.2, 0.25) is 0 Å². The maximum Gasteiger partial charge on any atom is 0.0472 e. The van der Waals surface area contributed by atoms with E-state index in [1.54, 1.807) is 11.9 Å². The molecule has 0 bridgehead atoms. The average Bonchev–Trinajstić information content (AvgIpc) is 2.61. The van der Waals surface area contributed by atoms with Crippen LogP contribution in [-0.2, 0) is 0 Å². The molecular formula is C20H20N2S. The van der Waals surface area contributed by atoms with Gasteiger partial charge in [-0.05, 0) is 46.8 Å². The van der Waals surface area contributed by atoms with Crippen molar-refractivity contribution in [2.45, 2.75) is 23.9 Å². The van der Waals surface area contributed by atoms with Crippen molar-refractivity contribution in [3.05, 3.63) is 77.9 Å². The van der Waals surface area contributed by atoms with Crippen molar-refractivity contribution in [1.29, 1.82) is 0 Å². The Morgan fingerprint density at radius 1 is 1.00 bits per heavy atom. The normalized spacial score (nSPS) is 18.6. The molecule has 23 heavy (non-hydrogen) atoms. The molecule has 0 spiro atoms. The molecule has 0 aliphatic carbocycles. The standard InChI is InChI=1S/C20H20N2S/c1-14(16-11-6-8-15-7-2-3-9-17(15)16)22-19-13-21-23-20-12-5-4-10-18(19)20/h2-12,14,19,21-22H,13H2,1H3. The minimum Gasteiger partial charge on any atom is -0.302 e. The largest absolute Gasteiger partial charge is 0.302 e. The fourth-order valence-corrected chi connectivity index (χ4v) is 4.22. The number of benzene rings is 3. The van der Waals surface area contributed by atoms with E-state index in [1.165, 1.54) is 26.8 Å². The van der Waals surface area contributed by atoms with Gasteiger partial charge in [0.15, 0.2) is 0 Å². The van der Waals surface area contributed by atoms with Crippen molar-refractivity contribution < 1.29 is 0 Å². The van der Waals surface area contributed by atoms with Crippen LogP contribution in [0.25, 0.3) is 10.8 Å². The van der Waals surface area contributed by atoms with Crippen LogP contribution >= 0.6 is 11.9 Å². The highest BCUT2D eigenvalue weighted by atomic mass is 32.2. The van der Waals surface area contributed by atoms with Crippen molar-refractivity contribution in [1.82, 2.24) is 10.0 Å². The molecule has 0 amide bonds. The molecule has 1 aliphatic heterocycles. The van der Waals surface area contributed by atoms with Gasteiger partial charge in [0.2, 0.25) is 0 Å². The molecular weight excluding hydrogens is 300 g/mol. The molecule has 0 radical (unpaired) electrons. The lowest BCUT2D eigenvalue weighted by atomic mass is 9.98. The molecule has 2 nitrogen and oxygen atoms in total. The third-order valence-electron chi connectivity index (χ3n) is 4.51. The highest BCUT2D eigenvalue weighted by Crippen LogP contribution is 2.32. The number of hydrogen-bond acceptors (Lipinski definition) is 3. The summed E-state index contributed by atoms with van der Waals surface area (Å²) in [5.41, 5.74) is 2.75. The van der Waals surface area contributed by atoms with Crippen molar-refractivity contribution >= 4 is 22.7 Å². The highest BCUT2D eigenvalue weighted by molar-refractivity contribution is 7.97. The molecule has 3 aromatic carbocycles. The molecule has 116 valence electrons. The van der Waals surface area contributed by atoms with E-state index in [2.05, 4.69) is 83.7 Å². The predicted octanol–water partition coefficient (Wildman–Crippen LogP) is 4.84. The quantitative estimate of drug-likeness (QED) is 0.675. The Hall–Kier alpha value is -1.81. The Bertz CT molecular complexity index is 825. The summed E-state index contributed by atoms with van der Waals surface area (Å²) in [6.07, 6.45) is 0. The van der Waals surface area contributed by atoms with Gasteiger partial charge in [-0.3, -0.25) is 4.72 Å². The Labute approximate surface area is 141 Å². The second kappa shape index (κ2) is 6.36. The van der Waals surface area contributed by atoms with Crippen molar-refractivity contribution in [2.24, 2.45) is 0 Å². The Kier molecular flexibility index (Phi) is 4.08. The summed E-state index contributed by atoms with van der Waals surface area (Å²) in [5.74, 6) is 0. The fraction of sp³-hybridized carbons (Fsp3) is 0.200. The van der Waals surface area contributed by atoms with Crippen LogP contribution in [0.3, 0.4) is 0 Å². The van der Waals surface area contributed by atoms with Crippen LogP contribution < -0.4 is 10.0 Å². The second-order valence-corrected chi connectivity index (χ2v) is 6.93. The van der Waals surface area contributed by atoms with Gasteiger partial charge in [0, 0.05) is 23.5 Å². The van der Waals surface area contributed by atoms with Gasteiger partial charge in [-0.2, -0.15) is 0 Å². The number of rotatable bonds is 3. The minimum absolute atomic E-state index is 0.295. The molecule has 2 atom stereocenters. The number of fused-ring (bicyclic) bond motifs is 2. The first-order valence-electron chi connectivity index (χ1n) is 8.05. The smallest absolute Gasteiger partial charge is 0.0472 e. The zero-order valence-corrected chi connectivity index (χ0v) is 13.9. The SMILES string of the molecule is CC(NC1CNSc2ccccc21)c1cccc2ccccc12. The van der Waals surface area contributed by atoms with Crippen LogP contribution in [0.5, 0.6) is 0 Å². The zero-order valence-electron chi connectivity index (χ0n) is 13.1. The van der Waals surface area contributed by atoms with Gasteiger partial charge in [-0.25, -0.2) is 0 Å². The Morgan fingerprint density at radius 2 is 1.78 bits per heavy atom. The first-order valence-corrected chi connectivity index (χ1v) is 8.87. The molecule has 0 saturated carbocycles. The lowest BCUT2D eigenvalue weighted by Gasteiger charge is -2.29. The Morgan fingerprint density at radius 3 is 2.74 bits per heavy atom. The number of nitrogens with one attached hydrogen (secondary N) is 2. The highest BCUT2D eigenvalue weighted by Gasteiger charge is 2.22. The molecule has 3 aromatic rings. The van der Waals surface area contributed by atoms with E-state index in [-0.39, 0.29) is 0 Å². The lowest BCUT2D eigenvalue weighted by Crippen LogP contribution is -2.34. The van der Waals surface area contributed by atoms with Gasteiger partial charge >= 0.3 is 0 Å². The van der Waals surface area contributed by atoms with Crippen molar-refractivity contribution in [3.8, 4) is 0 Å². The van der Waals surface area contributed by atoms with Gasteiger partial charge in [0.1, 0.15) is 0 Å². The first kappa shape index (κ1) is 14.8. The molecule has 1 aliphatic rings. The molecule has 2 unspecified atom stereocenters. The topological polar surface area (TPSA) is 24.1 Å². The summed E-state index contributed by atoms with van der Waals surface area (Å²) >= 11 is 1.73. The average molecular weight is 320 g/mol. The summed E-state index contributed by atoms with van der Waals surface area (Å²) in [5, 5.41) is 6.44. The zero-order chi connectivity index (χ0) is 15.6. The van der Waals surface area contributed by atoms with Crippen LogP contribution in [0, 0.1) is 0 Å². The van der Waals surface area contributed by atoms with Crippen LogP contribution in [0.4, 0.5) is 0 Å². The monoisotopic (exact) mass is 320 g/mol. The predicted molar refractivity (Wildman–Crippen MR) is 98.5 cm³/mol. The summed E-state index contributed by atoms with van der Waals surface area (Å²) in [4.78, 5) is 1.32. The minimum atomic E-state index is 0.295. The van der Waals surface area contributed by atoms with E-state index in [1.807, 2.05) is 0 Å². The summed E-state index contributed by atoms with van der Waals surface area (Å²) in [6.45, 7) is 3.20. The maximum atomic E-state index is 3.81. The first-order chi connectivity index (χ1) is 11.3. The maximum absolute atomic E-state index is 3.81. The van der Waals surface area contributed by atoms with Gasteiger partial charge in [0.25, 0.3) is 0 Å². The van der Waals surface area contributed by atoms with Gasteiger partial charge in [-0.15, -0.1) is 0 Å². The van der Waals surface area contributed by atoms with E-state index in [0.29, 0.717) is 12.1 Å². The van der Waals surface area contributed by atoms with E-state index < -0.39 is 0 Å². The molecule has 0 aromatic heterocycles. The third-order valence-corrected chi connectivity index (χ3v) is 5.41. The molecule has 4 rings (SSSR count). The van der Waals surface area contributed by atoms with E-state index in [4.69, 9.17) is 0 Å². The second-order valence-electron chi connectivity index (χ2n) is 6.00. The van der Waals surface area contributed by atoms with Crippen LogP contribution in [0.15, 0.2) is 71.6 Å². The third kappa shape index (κ3) is 2.88. The molecule has 1 heterocycles. The molecule has 0 fully saturated rings. The van der Waals surface area contributed by atoms with Gasteiger partial charge in [-0.1, -0.05) is 60.7 Å². The van der Waals surface area contributed by atoms with Crippen LogP contribution in [-0.4, -0.2) is 6.54 Å². The molecule has 3 heteroatoms. The lowest BCUT2D eigenvalue weighted by molar-refractivity contribution is 0.458. The molecule has 2 N–H and O–H groups in total. The summed E-state index contributed by atoms with van der Waals surface area (Å²) in [7, 11) is 0. The Balaban J connectivity index is 1.64. The molecule has 0 saturated heterocycles. The van der Waals surface area contributed by atoms with Crippen molar-refractivity contribution in [2.75, 3.05) is 6.54 Å². The van der Waals surface area contributed by atoms with E-state index in [0.717, 1.165) is 6.54 Å². The fourth-order valence-electron chi connectivity index (χ4n) is 3.34. The van der Waals surface area contributed by atoms with Gasteiger partial charge < -0.3 is 5.32 Å². The van der Waals surface area contributed by atoms with Crippen LogP contribution in [0.1, 0.15) is 30.1 Å². The number of hydrogen-bond donors (Lipinski definition) is 2. The van der Waals surface area contributed by atoms with Crippen molar-refractivity contribution in [3.63, 3.8) is 0 Å².